The van der Waals surface area contributed by atoms with Crippen LogP contribution >= 0.6 is 0 Å². The maximum Gasteiger partial charge on any atom is 0.241 e. The highest BCUT2D eigenvalue weighted by Gasteiger charge is 2.18. The van der Waals surface area contributed by atoms with Gasteiger partial charge in [0, 0.05) is 6.20 Å². The summed E-state index contributed by atoms with van der Waals surface area (Å²) in [7, 11) is -3.59. The monoisotopic (exact) mass is 330 g/mol. The molecule has 23 heavy (non-hydrogen) atoms. The molecule has 0 spiro atoms. The molecule has 0 aliphatic rings. The van der Waals surface area contributed by atoms with Gasteiger partial charge in [0.15, 0.2) is 11.5 Å². The van der Waals surface area contributed by atoms with Crippen LogP contribution in [-0.4, -0.2) is 23.0 Å². The summed E-state index contributed by atoms with van der Waals surface area (Å²) in [6.07, 6.45) is 2.54. The molecule has 1 aromatic carbocycles. The minimum Gasteiger partial charge on any atom is -0.285 e. The quantitative estimate of drug-likeness (QED) is 0.777. The zero-order valence-corrected chi connectivity index (χ0v) is 13.8. The lowest BCUT2D eigenvalue weighted by molar-refractivity contribution is 0.577. The number of nitrogens with zero attached hydrogens (tertiary/aromatic N) is 3. The molecule has 0 aliphatic carbocycles. The summed E-state index contributed by atoms with van der Waals surface area (Å²) in [6, 6.07) is 10.8. The van der Waals surface area contributed by atoms with Gasteiger partial charge >= 0.3 is 0 Å². The molecule has 7 heteroatoms. The van der Waals surface area contributed by atoms with Gasteiger partial charge in [-0.3, -0.25) is 4.40 Å². The van der Waals surface area contributed by atoms with Crippen molar-refractivity contribution >= 4 is 15.7 Å². The van der Waals surface area contributed by atoms with Crippen molar-refractivity contribution in [2.75, 3.05) is 0 Å². The summed E-state index contributed by atoms with van der Waals surface area (Å²) in [6.45, 7) is 3.99. The Morgan fingerprint density at radius 1 is 1.13 bits per heavy atom. The molecule has 3 rings (SSSR count). The van der Waals surface area contributed by atoms with Crippen LogP contribution in [0, 0.1) is 6.92 Å². The van der Waals surface area contributed by atoms with Gasteiger partial charge in [-0.05, 0) is 36.6 Å². The average Bonchev–Trinajstić information content (AvgIpc) is 2.95. The largest absolute Gasteiger partial charge is 0.285 e. The Balaban J connectivity index is 1.88. The van der Waals surface area contributed by atoms with Gasteiger partial charge in [-0.2, -0.15) is 0 Å². The normalized spacial score (nSPS) is 11.9. The number of benzene rings is 1. The van der Waals surface area contributed by atoms with Gasteiger partial charge in [0.25, 0.3) is 0 Å². The third kappa shape index (κ3) is 3.11. The second-order valence-corrected chi connectivity index (χ2v) is 7.07. The molecule has 0 amide bonds. The van der Waals surface area contributed by atoms with Gasteiger partial charge in [0.1, 0.15) is 0 Å². The summed E-state index contributed by atoms with van der Waals surface area (Å²) >= 11 is 0. The van der Waals surface area contributed by atoms with E-state index in [2.05, 4.69) is 14.9 Å². The van der Waals surface area contributed by atoms with Crippen LogP contribution in [0.4, 0.5) is 0 Å². The van der Waals surface area contributed by atoms with E-state index in [1.165, 1.54) is 0 Å². The SMILES string of the molecule is CCc1ccccc1S(=O)(=O)NCc1nnc2ccc(C)cn12. The average molecular weight is 330 g/mol. The topological polar surface area (TPSA) is 76.4 Å². The van der Waals surface area contributed by atoms with Crippen molar-refractivity contribution in [2.45, 2.75) is 31.7 Å². The summed E-state index contributed by atoms with van der Waals surface area (Å²) in [5, 5.41) is 8.11. The molecule has 2 heterocycles. The Labute approximate surface area is 135 Å². The lowest BCUT2D eigenvalue weighted by Crippen LogP contribution is -2.25. The number of sulfonamides is 1. The number of pyridine rings is 1. The molecule has 0 bridgehead atoms. The van der Waals surface area contributed by atoms with E-state index >= 15 is 0 Å². The number of hydrogen-bond donors (Lipinski definition) is 1. The lowest BCUT2D eigenvalue weighted by Gasteiger charge is -2.09. The molecule has 3 aromatic rings. The molecule has 0 saturated carbocycles. The summed E-state index contributed by atoms with van der Waals surface area (Å²) in [5.74, 6) is 0.557. The highest BCUT2D eigenvalue weighted by Crippen LogP contribution is 2.16. The maximum absolute atomic E-state index is 12.5. The van der Waals surface area contributed by atoms with Gasteiger partial charge in [-0.25, -0.2) is 13.1 Å². The Kier molecular flexibility index (Phi) is 4.14. The lowest BCUT2D eigenvalue weighted by atomic mass is 10.2. The second-order valence-electron chi connectivity index (χ2n) is 5.34. The van der Waals surface area contributed by atoms with Gasteiger partial charge in [-0.1, -0.05) is 31.2 Å². The van der Waals surface area contributed by atoms with Crippen LogP contribution in [-0.2, 0) is 23.0 Å². The molecule has 0 atom stereocenters. The molecule has 0 radical (unpaired) electrons. The van der Waals surface area contributed by atoms with E-state index in [0.717, 1.165) is 11.1 Å². The molecular formula is C16H18N4O2S. The Morgan fingerprint density at radius 2 is 1.91 bits per heavy atom. The molecule has 120 valence electrons. The molecule has 0 unspecified atom stereocenters. The molecule has 1 N–H and O–H groups in total. The predicted molar refractivity (Wildman–Crippen MR) is 87.6 cm³/mol. The molecule has 6 nitrogen and oxygen atoms in total. The Bertz CT molecular complexity index is 948. The van der Waals surface area contributed by atoms with Crippen molar-refractivity contribution < 1.29 is 8.42 Å². The maximum atomic E-state index is 12.5. The van der Waals surface area contributed by atoms with E-state index in [4.69, 9.17) is 0 Å². The number of aryl methyl sites for hydroxylation is 2. The van der Waals surface area contributed by atoms with Crippen LogP contribution in [0.2, 0.25) is 0 Å². The first-order valence-electron chi connectivity index (χ1n) is 7.39. The zero-order chi connectivity index (χ0) is 16.4. The number of fused-ring (bicyclic) bond motifs is 1. The first-order valence-corrected chi connectivity index (χ1v) is 8.87. The summed E-state index contributed by atoms with van der Waals surface area (Å²) < 4.78 is 29.5. The summed E-state index contributed by atoms with van der Waals surface area (Å²) in [4.78, 5) is 0.313. The van der Waals surface area contributed by atoms with Gasteiger partial charge < -0.3 is 0 Å². The standard InChI is InChI=1S/C16H18N4O2S/c1-3-13-6-4-5-7-14(13)23(21,22)17-10-16-19-18-15-9-8-12(2)11-20(15)16/h4-9,11,17H,3,10H2,1-2H3. The van der Waals surface area contributed by atoms with Crippen LogP contribution in [0.25, 0.3) is 5.65 Å². The fourth-order valence-electron chi connectivity index (χ4n) is 2.46. The first kappa shape index (κ1) is 15.6. The van der Waals surface area contributed by atoms with Crippen LogP contribution in [0.1, 0.15) is 23.9 Å². The van der Waals surface area contributed by atoms with E-state index in [9.17, 15) is 8.42 Å². The van der Waals surface area contributed by atoms with Gasteiger partial charge in [0.05, 0.1) is 11.4 Å². The van der Waals surface area contributed by atoms with Crippen LogP contribution in [0.15, 0.2) is 47.5 Å². The fourth-order valence-corrected chi connectivity index (χ4v) is 3.75. The minimum atomic E-state index is -3.59. The zero-order valence-electron chi connectivity index (χ0n) is 13.0. The molecule has 0 aliphatic heterocycles. The Hall–Kier alpha value is -2.25. The van der Waals surface area contributed by atoms with Crippen LogP contribution in [0.3, 0.4) is 0 Å². The number of nitrogens with one attached hydrogen (secondary N) is 1. The highest BCUT2D eigenvalue weighted by atomic mass is 32.2. The van der Waals surface area contributed by atoms with Crippen molar-refractivity contribution in [2.24, 2.45) is 0 Å². The number of aromatic nitrogens is 3. The highest BCUT2D eigenvalue weighted by molar-refractivity contribution is 7.89. The van der Waals surface area contributed by atoms with E-state index < -0.39 is 10.0 Å². The van der Waals surface area contributed by atoms with Crippen LogP contribution < -0.4 is 4.72 Å². The van der Waals surface area contributed by atoms with Crippen molar-refractivity contribution in [1.29, 1.82) is 0 Å². The third-order valence-electron chi connectivity index (χ3n) is 3.68. The number of rotatable bonds is 5. The number of hydrogen-bond acceptors (Lipinski definition) is 4. The van der Waals surface area contributed by atoms with E-state index in [1.54, 1.807) is 16.5 Å². The predicted octanol–water partition coefficient (Wildman–Crippen LogP) is 2.08. The summed E-state index contributed by atoms with van der Waals surface area (Å²) in [5.41, 5.74) is 2.54. The van der Waals surface area contributed by atoms with Crippen molar-refractivity contribution in [3.05, 3.63) is 59.5 Å². The van der Waals surface area contributed by atoms with E-state index in [-0.39, 0.29) is 6.54 Å². The van der Waals surface area contributed by atoms with Gasteiger partial charge in [-0.15, -0.1) is 10.2 Å². The fraction of sp³-hybridized carbons (Fsp3) is 0.250. The Morgan fingerprint density at radius 3 is 2.70 bits per heavy atom. The van der Waals surface area contributed by atoms with Crippen LogP contribution in [0.5, 0.6) is 0 Å². The van der Waals surface area contributed by atoms with E-state index in [0.29, 0.717) is 22.8 Å². The second kappa shape index (κ2) is 6.10. The first-order chi connectivity index (χ1) is 11.0. The third-order valence-corrected chi connectivity index (χ3v) is 5.19. The van der Waals surface area contributed by atoms with Crippen molar-refractivity contribution in [1.82, 2.24) is 19.3 Å². The molecular weight excluding hydrogens is 312 g/mol. The van der Waals surface area contributed by atoms with Crippen molar-refractivity contribution in [3.8, 4) is 0 Å². The van der Waals surface area contributed by atoms with E-state index in [1.807, 2.05) is 44.3 Å². The van der Waals surface area contributed by atoms with Gasteiger partial charge in [0.2, 0.25) is 10.0 Å². The molecule has 2 aromatic heterocycles. The smallest absolute Gasteiger partial charge is 0.241 e. The molecule has 0 saturated heterocycles. The minimum absolute atomic E-state index is 0.0883. The molecule has 0 fully saturated rings. The van der Waals surface area contributed by atoms with Crippen molar-refractivity contribution in [3.63, 3.8) is 0 Å².